The van der Waals surface area contributed by atoms with Gasteiger partial charge in [-0.3, -0.25) is 9.69 Å². The fourth-order valence-corrected chi connectivity index (χ4v) is 3.25. The first-order valence-electron chi connectivity index (χ1n) is 8.11. The van der Waals surface area contributed by atoms with Gasteiger partial charge in [0, 0.05) is 20.0 Å². The van der Waals surface area contributed by atoms with Crippen LogP contribution in [0, 0.1) is 0 Å². The number of likely N-dealkylation sites (tertiary alicyclic amines) is 1. The Bertz CT molecular complexity index is 566. The molecule has 2 rings (SSSR count). The summed E-state index contributed by atoms with van der Waals surface area (Å²) in [6.45, 7) is 5.78. The van der Waals surface area contributed by atoms with Crippen LogP contribution in [0.2, 0.25) is 0 Å². The van der Waals surface area contributed by atoms with E-state index in [4.69, 9.17) is 9.47 Å². The van der Waals surface area contributed by atoms with Crippen molar-refractivity contribution in [3.05, 3.63) is 12.2 Å². The van der Waals surface area contributed by atoms with Crippen LogP contribution in [0.25, 0.3) is 0 Å². The largest absolute Gasteiger partial charge is 0.453 e. The molecule has 2 amide bonds. The maximum atomic E-state index is 12.7. The predicted octanol–water partition coefficient (Wildman–Crippen LogP) is 2.35. The Labute approximate surface area is 142 Å². The highest BCUT2D eigenvalue weighted by atomic mass is 16.6. The number of amides is 2. The summed E-state index contributed by atoms with van der Waals surface area (Å²) in [5, 5.41) is 0. The van der Waals surface area contributed by atoms with Crippen molar-refractivity contribution in [2.75, 3.05) is 20.7 Å². The highest BCUT2D eigenvalue weighted by Gasteiger charge is 2.50. The molecule has 1 fully saturated rings. The van der Waals surface area contributed by atoms with Gasteiger partial charge in [0.25, 0.3) is 0 Å². The lowest BCUT2D eigenvalue weighted by Crippen LogP contribution is -2.49. The molecule has 1 saturated heterocycles. The minimum atomic E-state index is -0.612. The summed E-state index contributed by atoms with van der Waals surface area (Å²) in [5.74, 6) is 0.0505. The lowest BCUT2D eigenvalue weighted by molar-refractivity contribution is -0.115. The van der Waals surface area contributed by atoms with Crippen molar-refractivity contribution >= 4 is 18.0 Å². The maximum Gasteiger partial charge on any atom is 0.411 e. The summed E-state index contributed by atoms with van der Waals surface area (Å²) < 4.78 is 10.3. The smallest absolute Gasteiger partial charge is 0.411 e. The van der Waals surface area contributed by atoms with Gasteiger partial charge in [-0.15, -0.1) is 0 Å². The summed E-state index contributed by atoms with van der Waals surface area (Å²) in [4.78, 5) is 39.2. The minimum Gasteiger partial charge on any atom is -0.453 e. The van der Waals surface area contributed by atoms with Gasteiger partial charge in [0.15, 0.2) is 5.78 Å². The second kappa shape index (κ2) is 6.45. The second-order valence-electron chi connectivity index (χ2n) is 7.43. The summed E-state index contributed by atoms with van der Waals surface area (Å²) >= 11 is 0. The van der Waals surface area contributed by atoms with Crippen molar-refractivity contribution in [2.24, 2.45) is 0 Å². The van der Waals surface area contributed by atoms with E-state index in [1.165, 1.54) is 18.1 Å². The molecule has 24 heavy (non-hydrogen) atoms. The van der Waals surface area contributed by atoms with Gasteiger partial charge in [-0.05, 0) is 39.7 Å². The fraction of sp³-hybridized carbons (Fsp3) is 0.706. The zero-order valence-electron chi connectivity index (χ0n) is 15.0. The SMILES string of the molecule is COC(=O)N(C)[C@@H]1CN(C(=O)OC(C)(C)C)[C@@]2(C=CC(=O)CC2)C1. The van der Waals surface area contributed by atoms with E-state index < -0.39 is 23.3 Å². The first-order chi connectivity index (χ1) is 11.1. The Morgan fingerprint density at radius 2 is 2.04 bits per heavy atom. The number of rotatable bonds is 1. The number of likely N-dealkylation sites (N-methyl/N-ethyl adjacent to an activating group) is 1. The molecule has 0 N–H and O–H groups in total. The Morgan fingerprint density at radius 3 is 2.54 bits per heavy atom. The molecule has 0 aromatic heterocycles. The van der Waals surface area contributed by atoms with E-state index in [-0.39, 0.29) is 11.8 Å². The van der Waals surface area contributed by atoms with Gasteiger partial charge in [0.1, 0.15) is 5.60 Å². The molecule has 1 aliphatic carbocycles. The van der Waals surface area contributed by atoms with Crippen molar-refractivity contribution in [3.8, 4) is 0 Å². The van der Waals surface area contributed by atoms with E-state index in [0.717, 1.165) is 0 Å². The Balaban J connectivity index is 2.28. The minimum absolute atomic E-state index is 0.0505. The number of methoxy groups -OCH3 is 1. The lowest BCUT2D eigenvalue weighted by atomic mass is 9.84. The summed E-state index contributed by atoms with van der Waals surface area (Å²) in [6, 6.07) is -0.192. The summed E-state index contributed by atoms with van der Waals surface area (Å²) in [6.07, 6.45) is 3.91. The van der Waals surface area contributed by atoms with Crippen LogP contribution in [-0.4, -0.2) is 65.7 Å². The van der Waals surface area contributed by atoms with Crippen molar-refractivity contribution < 1.29 is 23.9 Å². The number of ketones is 1. The molecule has 2 aliphatic rings. The van der Waals surface area contributed by atoms with Crippen molar-refractivity contribution in [1.82, 2.24) is 9.80 Å². The van der Waals surface area contributed by atoms with Crippen LogP contribution in [0.5, 0.6) is 0 Å². The van der Waals surface area contributed by atoms with Crippen LogP contribution in [0.3, 0.4) is 0 Å². The average Bonchev–Trinajstić information content (AvgIpc) is 2.87. The third-order valence-electron chi connectivity index (χ3n) is 4.53. The van der Waals surface area contributed by atoms with E-state index in [9.17, 15) is 14.4 Å². The molecule has 0 saturated carbocycles. The number of carbonyl (C=O) groups is 3. The van der Waals surface area contributed by atoms with Crippen LogP contribution in [0.1, 0.15) is 40.0 Å². The van der Waals surface area contributed by atoms with Crippen LogP contribution < -0.4 is 0 Å². The first-order valence-corrected chi connectivity index (χ1v) is 8.11. The molecule has 0 bridgehead atoms. The topological polar surface area (TPSA) is 76.2 Å². The standard InChI is InChI=1S/C17H26N2O5/c1-16(2,3)24-15(22)19-11-12(18(4)14(21)23-5)10-17(19)8-6-13(20)7-9-17/h6,8,12H,7,9-11H2,1-5H3/t12-,17+/m0/s1. The van der Waals surface area contributed by atoms with E-state index in [1.54, 1.807) is 18.0 Å². The number of ether oxygens (including phenoxy) is 2. The molecule has 0 aromatic rings. The van der Waals surface area contributed by atoms with Gasteiger partial charge < -0.3 is 14.4 Å². The highest BCUT2D eigenvalue weighted by Crippen LogP contribution is 2.40. The molecular weight excluding hydrogens is 312 g/mol. The monoisotopic (exact) mass is 338 g/mol. The molecule has 0 aromatic carbocycles. The summed E-state index contributed by atoms with van der Waals surface area (Å²) in [7, 11) is 2.98. The third kappa shape index (κ3) is 3.71. The quantitative estimate of drug-likeness (QED) is 0.733. The zero-order chi connectivity index (χ0) is 18.1. The normalized spacial score (nSPS) is 26.6. The van der Waals surface area contributed by atoms with Crippen LogP contribution in [-0.2, 0) is 14.3 Å². The van der Waals surface area contributed by atoms with E-state index in [2.05, 4.69) is 0 Å². The molecule has 0 radical (unpaired) electrons. The molecule has 7 heteroatoms. The number of nitrogens with zero attached hydrogens (tertiary/aromatic N) is 2. The van der Waals surface area contributed by atoms with E-state index in [1.807, 2.05) is 20.8 Å². The predicted molar refractivity (Wildman–Crippen MR) is 87.6 cm³/mol. The third-order valence-corrected chi connectivity index (χ3v) is 4.53. The van der Waals surface area contributed by atoms with Gasteiger partial charge in [-0.25, -0.2) is 9.59 Å². The maximum absolute atomic E-state index is 12.7. The van der Waals surface area contributed by atoms with Crippen LogP contribution >= 0.6 is 0 Å². The molecular formula is C17H26N2O5. The van der Waals surface area contributed by atoms with E-state index >= 15 is 0 Å². The van der Waals surface area contributed by atoms with Crippen LogP contribution in [0.15, 0.2) is 12.2 Å². The van der Waals surface area contributed by atoms with Gasteiger partial charge in [-0.2, -0.15) is 0 Å². The number of hydrogen-bond donors (Lipinski definition) is 0. The summed E-state index contributed by atoms with van der Waals surface area (Å²) in [5.41, 5.74) is -1.21. The fourth-order valence-electron chi connectivity index (χ4n) is 3.25. The second-order valence-corrected chi connectivity index (χ2v) is 7.43. The van der Waals surface area contributed by atoms with Crippen molar-refractivity contribution in [1.29, 1.82) is 0 Å². The van der Waals surface area contributed by atoms with Gasteiger partial charge >= 0.3 is 12.2 Å². The molecule has 134 valence electrons. The average molecular weight is 338 g/mol. The molecule has 1 heterocycles. The van der Waals surface area contributed by atoms with Gasteiger partial charge in [-0.1, -0.05) is 6.08 Å². The molecule has 7 nitrogen and oxygen atoms in total. The Kier molecular flexibility index (Phi) is 4.92. The number of allylic oxidation sites excluding steroid dienone is 1. The lowest BCUT2D eigenvalue weighted by Gasteiger charge is -2.38. The highest BCUT2D eigenvalue weighted by molar-refractivity contribution is 5.91. The number of carbonyl (C=O) groups excluding carboxylic acids is 3. The van der Waals surface area contributed by atoms with Crippen molar-refractivity contribution in [2.45, 2.75) is 57.2 Å². The number of hydrogen-bond acceptors (Lipinski definition) is 5. The Hall–Kier alpha value is -2.05. The van der Waals surface area contributed by atoms with Gasteiger partial charge in [0.2, 0.25) is 0 Å². The Morgan fingerprint density at radius 1 is 1.38 bits per heavy atom. The molecule has 0 unspecified atom stereocenters. The van der Waals surface area contributed by atoms with Gasteiger partial charge in [0.05, 0.1) is 18.7 Å². The molecule has 1 aliphatic heterocycles. The first kappa shape index (κ1) is 18.3. The van der Waals surface area contributed by atoms with Crippen molar-refractivity contribution in [3.63, 3.8) is 0 Å². The molecule has 2 atom stereocenters. The zero-order valence-corrected chi connectivity index (χ0v) is 15.0. The van der Waals surface area contributed by atoms with E-state index in [0.29, 0.717) is 25.8 Å². The van der Waals surface area contributed by atoms with Crippen LogP contribution in [0.4, 0.5) is 9.59 Å². The molecule has 1 spiro atoms.